The van der Waals surface area contributed by atoms with Gasteiger partial charge in [-0.1, -0.05) is 140 Å². The Hall–Kier alpha value is -6.90. The molecule has 12 aromatic heterocycles. The van der Waals surface area contributed by atoms with Crippen molar-refractivity contribution in [2.45, 2.75) is 140 Å². The summed E-state index contributed by atoms with van der Waals surface area (Å²) in [5.41, 5.74) is 14.7. The third-order valence-electron chi connectivity index (χ3n) is 17.6. The zero-order valence-electron chi connectivity index (χ0n) is 59.2. The lowest BCUT2D eigenvalue weighted by Crippen LogP contribution is -2.52. The molecule has 19 nitrogen and oxygen atoms in total. The zero-order valence-corrected chi connectivity index (χ0v) is 69.8. The number of H-pyrrole nitrogens is 4. The molecule has 542 valence electrons. The van der Waals surface area contributed by atoms with E-state index in [1.165, 1.54) is 14.1 Å². The molecular formula is C74H82Br3Cl3N12O7S2Si2. The summed E-state index contributed by atoms with van der Waals surface area (Å²) in [5.74, 6) is 0. The minimum absolute atomic E-state index is 0.0218. The molecule has 0 amide bonds. The summed E-state index contributed by atoms with van der Waals surface area (Å²) in [6.45, 7) is 30.6. The first-order chi connectivity index (χ1) is 48.5. The van der Waals surface area contributed by atoms with E-state index in [0.717, 1.165) is 75.0 Å². The smallest absolute Gasteiger partial charge is 0.268 e. The lowest BCUT2D eigenvalue weighted by atomic mass is 10.2. The van der Waals surface area contributed by atoms with Gasteiger partial charge in [-0.25, -0.2) is 54.7 Å². The van der Waals surface area contributed by atoms with E-state index in [0.29, 0.717) is 67.5 Å². The van der Waals surface area contributed by atoms with Crippen LogP contribution in [0.25, 0.3) is 66.2 Å². The number of rotatable bonds is 13. The molecule has 12 heterocycles. The molecule has 2 aromatic carbocycles. The Labute approximate surface area is 642 Å². The van der Waals surface area contributed by atoms with Crippen molar-refractivity contribution in [3.63, 3.8) is 0 Å². The number of aryl methyl sites for hydroxylation is 1. The van der Waals surface area contributed by atoms with Crippen LogP contribution < -0.4 is 0 Å². The van der Waals surface area contributed by atoms with E-state index < -0.39 is 36.7 Å². The number of hydrogen-bond acceptors (Lipinski definition) is 13. The number of pyridine rings is 6. The van der Waals surface area contributed by atoms with Gasteiger partial charge in [-0.2, -0.15) is 0 Å². The topological polar surface area (TPSA) is 257 Å². The summed E-state index contributed by atoms with van der Waals surface area (Å²) in [5, 5.41) is 10.5. The van der Waals surface area contributed by atoms with Crippen molar-refractivity contribution in [3.8, 4) is 0 Å². The van der Waals surface area contributed by atoms with Crippen LogP contribution in [0, 0.1) is 6.92 Å². The molecular weight excluding hydrogens is 1640 g/mol. The van der Waals surface area contributed by atoms with E-state index in [2.05, 4.69) is 198 Å². The number of aromatic amines is 4. The number of benzene rings is 2. The summed E-state index contributed by atoms with van der Waals surface area (Å²) >= 11 is 27.4. The standard InChI is InChI=1S/C18H29BrN2OSi.C14H21BrN2OSi.C14H11ClN2O2S.C13H9ClN2O2S.C8H7BrN2O.C7H5ClN2/c1-12(2)23(13(3)4,18(5,6)7)22-11-14-10-16-15(20-14)8-9-17(19)21-16;1-14(2,3)19(4,5)18-9-10-8-12-11(16-10)6-7-13(15)17-12;1-10-9-12-13(7-8-14(15)16-12)17(10)20(18,19)11-5-3-2-4-6-11;14-13-7-6-12-11(15-13)8-9-16(12)19(17,18)10-4-2-1-3-5-10;9-8-2-1-6-7(11-8)3-5(4-12)10-6;8-7-2-1-5-6(10-7)3-4-9-5/h8-10,12-13,20H,11H2,1-7H3;6-8,16H,9H2,1-5H3;2-9H,1H3;1-9H;1-3,10,12H,4H2;1-4,9H. The van der Waals surface area contributed by atoms with Gasteiger partial charge in [0, 0.05) is 35.2 Å². The molecule has 14 aromatic rings. The predicted molar refractivity (Wildman–Crippen MR) is 433 cm³/mol. The molecule has 0 fully saturated rings. The fourth-order valence-corrected chi connectivity index (χ4v) is 23.6. The van der Waals surface area contributed by atoms with Crippen LogP contribution in [0.2, 0.25) is 49.7 Å². The van der Waals surface area contributed by atoms with Crippen LogP contribution in [0.5, 0.6) is 0 Å². The second kappa shape index (κ2) is 33.7. The van der Waals surface area contributed by atoms with Crippen molar-refractivity contribution in [3.05, 3.63) is 234 Å². The van der Waals surface area contributed by atoms with E-state index in [1.54, 1.807) is 110 Å². The highest BCUT2D eigenvalue weighted by Gasteiger charge is 2.51. The second-order valence-electron chi connectivity index (χ2n) is 27.4. The molecule has 0 radical (unpaired) electrons. The van der Waals surface area contributed by atoms with E-state index in [9.17, 15) is 16.8 Å². The first-order valence-corrected chi connectivity index (χ1v) is 44.2. The molecule has 0 bridgehead atoms. The monoisotopic (exact) mass is 1710 g/mol. The van der Waals surface area contributed by atoms with E-state index in [-0.39, 0.29) is 26.5 Å². The van der Waals surface area contributed by atoms with Gasteiger partial charge in [-0.15, -0.1) is 0 Å². The van der Waals surface area contributed by atoms with Crippen molar-refractivity contribution in [2.24, 2.45) is 0 Å². The van der Waals surface area contributed by atoms with Gasteiger partial charge in [0.25, 0.3) is 20.0 Å². The molecule has 0 atom stereocenters. The maximum absolute atomic E-state index is 12.7. The highest BCUT2D eigenvalue weighted by atomic mass is 79.9. The number of hydrogen-bond donors (Lipinski definition) is 5. The van der Waals surface area contributed by atoms with Crippen molar-refractivity contribution in [2.75, 3.05) is 0 Å². The number of aliphatic hydroxyl groups is 1. The van der Waals surface area contributed by atoms with Crippen LogP contribution >= 0.6 is 82.6 Å². The zero-order chi connectivity index (χ0) is 75.0. The maximum Gasteiger partial charge on any atom is 0.268 e. The van der Waals surface area contributed by atoms with Gasteiger partial charge in [-0.3, -0.25) is 0 Å². The minimum atomic E-state index is -3.63. The fraction of sp³-hybridized carbons (Fsp3) is 0.270. The van der Waals surface area contributed by atoms with Crippen molar-refractivity contribution < 1.29 is 30.8 Å². The van der Waals surface area contributed by atoms with Crippen LogP contribution in [0.3, 0.4) is 0 Å². The summed E-state index contributed by atoms with van der Waals surface area (Å²) in [6, 6.07) is 49.7. The highest BCUT2D eigenvalue weighted by molar-refractivity contribution is 9.11. The number of fused-ring (bicyclic) bond motifs is 6. The summed E-state index contributed by atoms with van der Waals surface area (Å²) in [4.78, 5) is 38.8. The molecule has 14 rings (SSSR count). The molecule has 5 N–H and O–H groups in total. The normalized spacial score (nSPS) is 12.2. The Balaban J connectivity index is 0.000000146. The highest BCUT2D eigenvalue weighted by Crippen LogP contribution is 2.51. The molecule has 0 aliphatic heterocycles. The Morgan fingerprint density at radius 1 is 0.485 bits per heavy atom. The average Bonchev–Trinajstić information content (AvgIpc) is 1.76. The van der Waals surface area contributed by atoms with Crippen LogP contribution in [0.4, 0.5) is 0 Å². The Kier molecular flexibility index (Phi) is 26.2. The van der Waals surface area contributed by atoms with Gasteiger partial charge < -0.3 is 33.9 Å². The molecule has 0 spiro atoms. The number of aliphatic hydroxyl groups excluding tert-OH is 1. The second-order valence-corrected chi connectivity index (χ2v) is 45.0. The van der Waals surface area contributed by atoms with Gasteiger partial charge in [-0.05, 0) is 222 Å². The molecule has 103 heavy (non-hydrogen) atoms. The number of nitrogens with one attached hydrogen (secondary N) is 4. The lowest BCUT2D eigenvalue weighted by molar-refractivity contribution is 0.249. The first kappa shape index (κ1) is 80.2. The average molecular weight is 1720 g/mol. The third-order valence-corrected chi connectivity index (χ3v) is 34.0. The lowest BCUT2D eigenvalue weighted by Gasteiger charge is -2.48. The summed E-state index contributed by atoms with van der Waals surface area (Å²) in [7, 11) is -10.9. The fourth-order valence-electron chi connectivity index (χ4n) is 12.0. The summed E-state index contributed by atoms with van der Waals surface area (Å²) in [6.07, 6.45) is 3.32. The first-order valence-electron chi connectivity index (χ1n) is 32.8. The van der Waals surface area contributed by atoms with E-state index >= 15 is 0 Å². The Morgan fingerprint density at radius 2 is 0.913 bits per heavy atom. The molecule has 0 saturated carbocycles. The number of nitrogens with zero attached hydrogens (tertiary/aromatic N) is 8. The van der Waals surface area contributed by atoms with Gasteiger partial charge in [0.2, 0.25) is 8.32 Å². The van der Waals surface area contributed by atoms with Crippen LogP contribution in [0.1, 0.15) is 92.0 Å². The minimum Gasteiger partial charge on any atom is -0.411 e. The van der Waals surface area contributed by atoms with Crippen LogP contribution in [-0.2, 0) is 48.7 Å². The number of halogens is 6. The van der Waals surface area contributed by atoms with Crippen molar-refractivity contribution in [1.29, 1.82) is 0 Å². The predicted octanol–water partition coefficient (Wildman–Crippen LogP) is 21.5. The van der Waals surface area contributed by atoms with Crippen molar-refractivity contribution >= 4 is 185 Å². The van der Waals surface area contributed by atoms with Crippen molar-refractivity contribution in [1.82, 2.24) is 57.8 Å². The molecule has 0 unspecified atom stereocenters. The van der Waals surface area contributed by atoms with Gasteiger partial charge in [0.05, 0.1) is 95.8 Å². The molecule has 0 aliphatic carbocycles. The summed E-state index contributed by atoms with van der Waals surface area (Å²) < 4.78 is 68.4. The SMILES string of the molecule is CC(C)(C)[Si](C)(C)OCc1cc2nc(Br)ccc2[nH]1.CC(C)[Si](OCc1cc2nc(Br)ccc2[nH]1)(C(C)C)C(C)(C)C.Cc1cc2nc(Cl)ccc2n1S(=O)(=O)c1ccccc1.Clc1ccc2[nH]ccc2n1.O=S(=O)(c1ccccc1)n1ccc2nc(Cl)ccc21.OCc1cc2nc(Br)ccc2[nH]1. The maximum atomic E-state index is 12.7. The van der Waals surface area contributed by atoms with Gasteiger partial charge >= 0.3 is 0 Å². The molecule has 0 saturated heterocycles. The number of aromatic nitrogens is 12. The van der Waals surface area contributed by atoms with Crippen LogP contribution in [0.15, 0.2) is 206 Å². The Morgan fingerprint density at radius 3 is 1.39 bits per heavy atom. The Bertz CT molecular complexity index is 5460. The molecule has 0 aliphatic rings. The quantitative estimate of drug-likeness (QED) is 0.0532. The van der Waals surface area contributed by atoms with E-state index in [1.807, 2.05) is 54.7 Å². The largest absolute Gasteiger partial charge is 0.411 e. The van der Waals surface area contributed by atoms with Crippen LogP contribution in [-0.4, -0.2) is 96.4 Å². The van der Waals surface area contributed by atoms with Gasteiger partial charge in [0.1, 0.15) is 29.3 Å². The van der Waals surface area contributed by atoms with E-state index in [4.69, 9.17) is 48.8 Å². The third kappa shape index (κ3) is 19.4. The molecule has 29 heteroatoms. The van der Waals surface area contributed by atoms with Gasteiger partial charge in [0.15, 0.2) is 8.32 Å².